The average Bonchev–Trinajstić information content (AvgIpc) is 2.53. The third-order valence-electron chi connectivity index (χ3n) is 3.23. The van der Waals surface area contributed by atoms with Gasteiger partial charge in [-0.3, -0.25) is 4.79 Å². The molecule has 1 atom stereocenters. The van der Waals surface area contributed by atoms with Crippen LogP contribution in [0.4, 0.5) is 18.9 Å². The highest BCUT2D eigenvalue weighted by molar-refractivity contribution is 5.95. The van der Waals surface area contributed by atoms with Gasteiger partial charge in [0.25, 0.3) is 5.91 Å². The predicted molar refractivity (Wildman–Crippen MR) is 87.8 cm³/mol. The van der Waals surface area contributed by atoms with Gasteiger partial charge in [-0.2, -0.15) is 13.2 Å². The van der Waals surface area contributed by atoms with E-state index in [-0.39, 0.29) is 0 Å². The van der Waals surface area contributed by atoms with E-state index >= 15 is 0 Å². The minimum atomic E-state index is -4.49. The van der Waals surface area contributed by atoms with Crippen LogP contribution in [0.1, 0.15) is 12.5 Å². The van der Waals surface area contributed by atoms with Crippen molar-refractivity contribution >= 4 is 11.6 Å². The topological polar surface area (TPSA) is 47.6 Å². The summed E-state index contributed by atoms with van der Waals surface area (Å²) in [6.07, 6.45) is -5.74. The number of carbonyl (C=O) groups is 1. The zero-order chi connectivity index (χ0) is 18.4. The van der Waals surface area contributed by atoms with Crippen LogP contribution in [0.2, 0.25) is 0 Å². The lowest BCUT2D eigenvalue weighted by molar-refractivity contribution is -0.184. The largest absolute Gasteiger partial charge is 0.455 e. The molecular weight excluding hydrogens is 335 g/mol. The first-order valence-electron chi connectivity index (χ1n) is 7.57. The van der Waals surface area contributed by atoms with Crippen LogP contribution in [-0.2, 0) is 9.53 Å². The first-order chi connectivity index (χ1) is 11.7. The third-order valence-corrected chi connectivity index (χ3v) is 3.23. The summed E-state index contributed by atoms with van der Waals surface area (Å²) in [6.45, 7) is 1.69. The summed E-state index contributed by atoms with van der Waals surface area (Å²) in [5.41, 5.74) is 1.35. The maximum atomic E-state index is 12.2. The maximum Gasteiger partial charge on any atom is 0.411 e. The minimum absolute atomic E-state index is 0.344. The molecule has 0 saturated carbocycles. The molecule has 0 bridgehead atoms. The normalized spacial score (nSPS) is 12.5. The predicted octanol–water partition coefficient (Wildman–Crippen LogP) is 4.69. The van der Waals surface area contributed by atoms with E-state index in [1.807, 2.05) is 25.1 Å². The Bertz CT molecular complexity index is 732. The van der Waals surface area contributed by atoms with Crippen LogP contribution < -0.4 is 10.1 Å². The Morgan fingerprint density at radius 2 is 1.88 bits per heavy atom. The molecule has 25 heavy (non-hydrogen) atoms. The summed E-state index contributed by atoms with van der Waals surface area (Å²) in [5.74, 6) is 0.275. The van der Waals surface area contributed by atoms with E-state index in [0.717, 1.165) is 5.56 Å². The van der Waals surface area contributed by atoms with Crippen molar-refractivity contribution in [2.75, 3.05) is 11.9 Å². The number of hydrogen-bond acceptors (Lipinski definition) is 3. The van der Waals surface area contributed by atoms with Crippen molar-refractivity contribution in [2.24, 2.45) is 0 Å². The van der Waals surface area contributed by atoms with Crippen LogP contribution in [0.25, 0.3) is 0 Å². The van der Waals surface area contributed by atoms with Gasteiger partial charge in [-0.15, -0.1) is 0 Å². The van der Waals surface area contributed by atoms with Crippen LogP contribution in [0.5, 0.6) is 11.5 Å². The lowest BCUT2D eigenvalue weighted by Crippen LogP contribution is -2.31. The number of ether oxygens (including phenoxy) is 2. The van der Waals surface area contributed by atoms with Gasteiger partial charge in [0.2, 0.25) is 0 Å². The van der Waals surface area contributed by atoms with E-state index in [1.165, 1.54) is 6.92 Å². The van der Waals surface area contributed by atoms with Gasteiger partial charge in [-0.1, -0.05) is 24.3 Å². The molecule has 1 amide bonds. The zero-order valence-corrected chi connectivity index (χ0v) is 13.8. The number of benzene rings is 2. The number of aryl methyl sites for hydroxylation is 1. The fourth-order valence-electron chi connectivity index (χ4n) is 1.99. The molecule has 0 heterocycles. The number of halogens is 3. The number of alkyl halides is 3. The Morgan fingerprint density at radius 3 is 2.56 bits per heavy atom. The van der Waals surface area contributed by atoms with Gasteiger partial charge >= 0.3 is 6.18 Å². The van der Waals surface area contributed by atoms with Crippen LogP contribution >= 0.6 is 0 Å². The second kappa shape index (κ2) is 8.02. The number of para-hydroxylation sites is 2. The number of hydrogen-bond donors (Lipinski definition) is 1. The fourth-order valence-corrected chi connectivity index (χ4v) is 1.99. The quantitative estimate of drug-likeness (QED) is 0.819. The van der Waals surface area contributed by atoms with Crippen molar-refractivity contribution in [3.8, 4) is 11.5 Å². The first-order valence-corrected chi connectivity index (χ1v) is 7.57. The third kappa shape index (κ3) is 6.11. The summed E-state index contributed by atoms with van der Waals surface area (Å²) in [4.78, 5) is 12.0. The molecule has 0 aliphatic carbocycles. The van der Waals surface area contributed by atoms with Crippen molar-refractivity contribution < 1.29 is 27.4 Å². The van der Waals surface area contributed by atoms with E-state index < -0.39 is 24.8 Å². The molecule has 0 radical (unpaired) electrons. The molecule has 134 valence electrons. The van der Waals surface area contributed by atoms with Gasteiger partial charge in [0, 0.05) is 0 Å². The molecule has 0 fully saturated rings. The molecule has 2 rings (SSSR count). The summed E-state index contributed by atoms with van der Waals surface area (Å²) in [7, 11) is 0. The van der Waals surface area contributed by atoms with Crippen molar-refractivity contribution in [2.45, 2.75) is 26.1 Å². The van der Waals surface area contributed by atoms with Gasteiger partial charge in [0.05, 0.1) is 5.69 Å². The number of amides is 1. The van der Waals surface area contributed by atoms with E-state index in [2.05, 4.69) is 10.1 Å². The molecule has 0 aliphatic heterocycles. The molecule has 0 aliphatic rings. The Morgan fingerprint density at radius 1 is 1.16 bits per heavy atom. The molecule has 2 aromatic rings. The molecule has 0 spiro atoms. The van der Waals surface area contributed by atoms with Gasteiger partial charge in [0.15, 0.2) is 5.75 Å². The minimum Gasteiger partial charge on any atom is -0.455 e. The Kier molecular flexibility index (Phi) is 6.03. The van der Waals surface area contributed by atoms with E-state index in [4.69, 9.17) is 4.74 Å². The lowest BCUT2D eigenvalue weighted by Gasteiger charge is -2.16. The molecule has 4 nitrogen and oxygen atoms in total. The Balaban J connectivity index is 2.06. The molecule has 7 heteroatoms. The first kappa shape index (κ1) is 18.8. The molecular formula is C18H18F3NO3. The number of nitrogens with one attached hydrogen (secondary N) is 1. The Labute approximate surface area is 143 Å². The van der Waals surface area contributed by atoms with Gasteiger partial charge in [-0.05, 0) is 43.7 Å². The molecule has 2 aromatic carbocycles. The summed E-state index contributed by atoms with van der Waals surface area (Å²) >= 11 is 0. The van der Waals surface area contributed by atoms with Crippen molar-refractivity contribution in [3.63, 3.8) is 0 Å². The summed E-state index contributed by atoms with van der Waals surface area (Å²) in [5, 5.41) is 2.53. The summed E-state index contributed by atoms with van der Waals surface area (Å²) < 4.78 is 46.8. The second-order valence-electron chi connectivity index (χ2n) is 5.47. The lowest BCUT2D eigenvalue weighted by atomic mass is 10.2. The van der Waals surface area contributed by atoms with Crippen molar-refractivity contribution in [1.82, 2.24) is 0 Å². The second-order valence-corrected chi connectivity index (χ2v) is 5.47. The van der Waals surface area contributed by atoms with E-state index in [0.29, 0.717) is 17.2 Å². The molecule has 1 unspecified atom stereocenters. The smallest absolute Gasteiger partial charge is 0.411 e. The van der Waals surface area contributed by atoms with Crippen molar-refractivity contribution in [1.29, 1.82) is 0 Å². The summed E-state index contributed by atoms with van der Waals surface area (Å²) in [6, 6.07) is 14.0. The maximum absolute atomic E-state index is 12.2. The van der Waals surface area contributed by atoms with Crippen molar-refractivity contribution in [3.05, 3.63) is 54.1 Å². The molecule has 0 saturated heterocycles. The van der Waals surface area contributed by atoms with Gasteiger partial charge in [-0.25, -0.2) is 0 Å². The van der Waals surface area contributed by atoms with Crippen LogP contribution in [0.15, 0.2) is 48.5 Å². The van der Waals surface area contributed by atoms with Crippen LogP contribution in [-0.4, -0.2) is 24.8 Å². The van der Waals surface area contributed by atoms with Crippen LogP contribution in [0, 0.1) is 6.92 Å². The van der Waals surface area contributed by atoms with Crippen LogP contribution in [0.3, 0.4) is 0 Å². The number of anilines is 1. The molecule has 1 N–H and O–H groups in total. The number of carbonyl (C=O) groups excluding carboxylic acids is 1. The molecule has 0 aromatic heterocycles. The monoisotopic (exact) mass is 353 g/mol. The zero-order valence-electron chi connectivity index (χ0n) is 13.8. The van der Waals surface area contributed by atoms with Gasteiger partial charge < -0.3 is 14.8 Å². The fraction of sp³-hybridized carbons (Fsp3) is 0.278. The van der Waals surface area contributed by atoms with Gasteiger partial charge in [0.1, 0.15) is 18.5 Å². The highest BCUT2D eigenvalue weighted by atomic mass is 19.4. The van der Waals surface area contributed by atoms with E-state index in [1.54, 1.807) is 30.3 Å². The van der Waals surface area contributed by atoms with E-state index in [9.17, 15) is 18.0 Å². The standard InChI is InChI=1S/C18H18F3NO3/c1-12-6-5-7-14(10-12)25-16-9-4-3-8-15(16)22-17(23)13(2)24-11-18(19,20)21/h3-10,13H,11H2,1-2H3,(H,22,23). The SMILES string of the molecule is Cc1cccc(Oc2ccccc2NC(=O)C(C)OCC(F)(F)F)c1. The average molecular weight is 353 g/mol. The highest BCUT2D eigenvalue weighted by Gasteiger charge is 2.30. The number of rotatable bonds is 6. The Hall–Kier alpha value is -2.54. The highest BCUT2D eigenvalue weighted by Crippen LogP contribution is 2.29.